The number of rotatable bonds is 7. The molecule has 96 valence electrons. The van der Waals surface area contributed by atoms with Gasteiger partial charge in [0, 0.05) is 17.4 Å². The molecule has 0 fully saturated rings. The molecule has 0 aliphatic heterocycles. The molecule has 0 aromatic carbocycles. The second kappa shape index (κ2) is 7.48. The molecular weight excluding hydrogens is 228 g/mol. The minimum atomic E-state index is -1.31. The van der Waals surface area contributed by atoms with E-state index in [1.165, 1.54) is 13.0 Å². The summed E-state index contributed by atoms with van der Waals surface area (Å²) in [6, 6.07) is -2.26. The standard InChI is InChI=1S/C10H16N2O5/c1-4-8(7(3)12(15)16)6-9(11-14)10(13)17-5-2/h6-7,9H,4-5H2,1-3H3. The Morgan fingerprint density at radius 3 is 2.47 bits per heavy atom. The maximum atomic E-state index is 11.3. The van der Waals surface area contributed by atoms with Gasteiger partial charge in [0.05, 0.1) is 6.61 Å². The summed E-state index contributed by atoms with van der Waals surface area (Å²) >= 11 is 0. The molecule has 0 heterocycles. The van der Waals surface area contributed by atoms with Crippen molar-refractivity contribution in [1.82, 2.24) is 0 Å². The van der Waals surface area contributed by atoms with Crippen LogP contribution in [0.5, 0.6) is 0 Å². The Morgan fingerprint density at radius 2 is 2.12 bits per heavy atom. The van der Waals surface area contributed by atoms with Crippen LogP contribution in [0.1, 0.15) is 27.2 Å². The average molecular weight is 244 g/mol. The zero-order valence-electron chi connectivity index (χ0n) is 10.1. The third kappa shape index (κ3) is 4.71. The largest absolute Gasteiger partial charge is 0.464 e. The lowest BCUT2D eigenvalue weighted by Gasteiger charge is -2.09. The summed E-state index contributed by atoms with van der Waals surface area (Å²) in [6.45, 7) is 4.83. The number of ether oxygens (including phenoxy) is 1. The van der Waals surface area contributed by atoms with Gasteiger partial charge in [-0.05, 0) is 19.4 Å². The maximum absolute atomic E-state index is 11.3. The fourth-order valence-corrected chi connectivity index (χ4v) is 1.26. The third-order valence-electron chi connectivity index (χ3n) is 2.27. The van der Waals surface area contributed by atoms with E-state index < -0.39 is 23.0 Å². The first-order chi connectivity index (χ1) is 7.97. The maximum Gasteiger partial charge on any atom is 0.338 e. The molecule has 7 nitrogen and oxygen atoms in total. The van der Waals surface area contributed by atoms with E-state index in [1.54, 1.807) is 13.8 Å². The van der Waals surface area contributed by atoms with Crippen molar-refractivity contribution < 1.29 is 14.5 Å². The van der Waals surface area contributed by atoms with Crippen LogP contribution in [0.15, 0.2) is 16.8 Å². The Labute approximate surface area is 99.0 Å². The van der Waals surface area contributed by atoms with Crippen LogP contribution in [0.3, 0.4) is 0 Å². The molecule has 0 aromatic rings. The van der Waals surface area contributed by atoms with E-state index >= 15 is 0 Å². The highest BCUT2D eigenvalue weighted by atomic mass is 16.6. The molecule has 0 aliphatic carbocycles. The van der Waals surface area contributed by atoms with Crippen LogP contribution < -0.4 is 0 Å². The van der Waals surface area contributed by atoms with E-state index in [4.69, 9.17) is 0 Å². The predicted octanol–water partition coefficient (Wildman–Crippen LogP) is 1.69. The number of esters is 1. The van der Waals surface area contributed by atoms with Gasteiger partial charge in [0.25, 0.3) is 0 Å². The van der Waals surface area contributed by atoms with Crippen LogP contribution in [0, 0.1) is 15.0 Å². The number of hydrogen-bond acceptors (Lipinski definition) is 6. The van der Waals surface area contributed by atoms with Gasteiger partial charge in [-0.2, -0.15) is 0 Å². The highest BCUT2D eigenvalue weighted by Gasteiger charge is 2.24. The lowest BCUT2D eigenvalue weighted by Crippen LogP contribution is -2.23. The lowest BCUT2D eigenvalue weighted by molar-refractivity contribution is -0.508. The van der Waals surface area contributed by atoms with Gasteiger partial charge in [-0.15, -0.1) is 4.91 Å². The molecule has 0 saturated heterocycles. The molecule has 7 heteroatoms. The van der Waals surface area contributed by atoms with Crippen molar-refractivity contribution in [3.63, 3.8) is 0 Å². The van der Waals surface area contributed by atoms with E-state index in [1.807, 2.05) is 0 Å². The zero-order chi connectivity index (χ0) is 13.4. The van der Waals surface area contributed by atoms with Crippen LogP contribution in [0.2, 0.25) is 0 Å². The van der Waals surface area contributed by atoms with Gasteiger partial charge < -0.3 is 4.74 Å². The first kappa shape index (κ1) is 15.2. The van der Waals surface area contributed by atoms with Crippen LogP contribution in [0.4, 0.5) is 0 Å². The smallest absolute Gasteiger partial charge is 0.338 e. The van der Waals surface area contributed by atoms with E-state index in [0.717, 1.165) is 0 Å². The topological polar surface area (TPSA) is 98.9 Å². The van der Waals surface area contributed by atoms with Gasteiger partial charge in [-0.1, -0.05) is 12.1 Å². The molecule has 0 spiro atoms. The number of carbonyl (C=O) groups is 1. The van der Waals surface area contributed by atoms with Crippen molar-refractivity contribution in [1.29, 1.82) is 0 Å². The second-order valence-corrected chi connectivity index (χ2v) is 3.36. The second-order valence-electron chi connectivity index (χ2n) is 3.36. The quantitative estimate of drug-likeness (QED) is 0.223. The summed E-state index contributed by atoms with van der Waals surface area (Å²) in [5.41, 5.74) is 0.382. The SMILES string of the molecule is CCOC(=O)C(C=C(CC)C(C)[N+](=O)[O-])N=O. The Balaban J connectivity index is 4.95. The Bertz CT molecular complexity index is 327. The molecule has 0 aliphatic rings. The Kier molecular flexibility index (Phi) is 6.69. The van der Waals surface area contributed by atoms with Gasteiger partial charge in [-0.3, -0.25) is 10.1 Å². The van der Waals surface area contributed by atoms with Crippen molar-refractivity contribution in [2.45, 2.75) is 39.3 Å². The van der Waals surface area contributed by atoms with Crippen LogP contribution >= 0.6 is 0 Å². The van der Waals surface area contributed by atoms with Gasteiger partial charge in [0.1, 0.15) is 0 Å². The zero-order valence-corrected chi connectivity index (χ0v) is 10.1. The molecule has 0 rings (SSSR count). The minimum absolute atomic E-state index is 0.130. The lowest BCUT2D eigenvalue weighted by atomic mass is 10.0. The molecule has 2 atom stereocenters. The van der Waals surface area contributed by atoms with Crippen molar-refractivity contribution in [2.75, 3.05) is 6.61 Å². The fraction of sp³-hybridized carbons (Fsp3) is 0.700. The molecular formula is C10H16N2O5. The van der Waals surface area contributed by atoms with Gasteiger partial charge in [0.2, 0.25) is 12.1 Å². The van der Waals surface area contributed by atoms with E-state index in [2.05, 4.69) is 9.91 Å². The highest BCUT2D eigenvalue weighted by Crippen LogP contribution is 2.13. The summed E-state index contributed by atoms with van der Waals surface area (Å²) in [7, 11) is 0. The monoisotopic (exact) mass is 244 g/mol. The third-order valence-corrected chi connectivity index (χ3v) is 2.27. The summed E-state index contributed by atoms with van der Waals surface area (Å²) in [5, 5.41) is 13.2. The van der Waals surface area contributed by atoms with Gasteiger partial charge >= 0.3 is 5.97 Å². The number of hydrogen-bond donors (Lipinski definition) is 0. The number of nitrogens with zero attached hydrogens (tertiary/aromatic N) is 2. The fourth-order valence-electron chi connectivity index (χ4n) is 1.26. The average Bonchev–Trinajstić information content (AvgIpc) is 2.30. The molecule has 0 aromatic heterocycles. The summed E-state index contributed by atoms with van der Waals surface area (Å²) < 4.78 is 4.63. The first-order valence-corrected chi connectivity index (χ1v) is 5.31. The van der Waals surface area contributed by atoms with E-state index in [0.29, 0.717) is 12.0 Å². The molecule has 0 N–H and O–H groups in total. The van der Waals surface area contributed by atoms with Crippen molar-refractivity contribution >= 4 is 5.97 Å². The van der Waals surface area contributed by atoms with E-state index in [9.17, 15) is 19.8 Å². The molecule has 0 bridgehead atoms. The molecule has 0 saturated carbocycles. The van der Waals surface area contributed by atoms with Gasteiger partial charge in [0.15, 0.2) is 0 Å². The normalized spacial score (nSPS) is 14.9. The molecule has 2 unspecified atom stereocenters. The van der Waals surface area contributed by atoms with E-state index in [-0.39, 0.29) is 6.61 Å². The number of nitroso groups, excluding NO2 is 1. The number of nitro groups is 1. The summed E-state index contributed by atoms with van der Waals surface area (Å²) in [4.78, 5) is 31.9. The van der Waals surface area contributed by atoms with Crippen molar-refractivity contribution in [2.24, 2.45) is 5.18 Å². The van der Waals surface area contributed by atoms with Crippen molar-refractivity contribution in [3.05, 3.63) is 26.7 Å². The summed E-state index contributed by atoms with van der Waals surface area (Å²) in [6.07, 6.45) is 1.58. The van der Waals surface area contributed by atoms with Crippen LogP contribution in [0.25, 0.3) is 0 Å². The van der Waals surface area contributed by atoms with Gasteiger partial charge in [-0.25, -0.2) is 4.79 Å². The minimum Gasteiger partial charge on any atom is -0.464 e. The van der Waals surface area contributed by atoms with Crippen LogP contribution in [-0.2, 0) is 9.53 Å². The first-order valence-electron chi connectivity index (χ1n) is 5.31. The molecule has 0 amide bonds. The Hall–Kier alpha value is -1.79. The Morgan fingerprint density at radius 1 is 1.53 bits per heavy atom. The predicted molar refractivity (Wildman–Crippen MR) is 61.0 cm³/mol. The molecule has 0 radical (unpaired) electrons. The van der Waals surface area contributed by atoms with Crippen molar-refractivity contribution in [3.8, 4) is 0 Å². The number of carbonyl (C=O) groups excluding carboxylic acids is 1. The van der Waals surface area contributed by atoms with Crippen LogP contribution in [-0.4, -0.2) is 29.6 Å². The molecule has 17 heavy (non-hydrogen) atoms. The summed E-state index contributed by atoms with van der Waals surface area (Å²) in [5.74, 6) is -0.788. The highest BCUT2D eigenvalue weighted by molar-refractivity contribution is 5.78.